The Bertz CT molecular complexity index is 1130. The SMILES string of the molecule is CC#C[C@@H](CC(=O)O)c1ccc(O[C@@H](CC2CCCC2)c2cc(C)c3[nH]ncc3c2)cc1. The number of nitrogens with zero attached hydrogens (tertiary/aromatic N) is 1. The predicted molar refractivity (Wildman–Crippen MR) is 126 cm³/mol. The van der Waals surface area contributed by atoms with Crippen molar-refractivity contribution in [2.24, 2.45) is 5.92 Å². The van der Waals surface area contributed by atoms with Crippen molar-refractivity contribution in [3.8, 4) is 17.6 Å². The Labute approximate surface area is 189 Å². The van der Waals surface area contributed by atoms with E-state index in [4.69, 9.17) is 4.74 Å². The number of ether oxygens (including phenoxy) is 1. The number of fused-ring (bicyclic) bond motifs is 1. The number of aryl methyl sites for hydroxylation is 1. The number of aromatic amines is 1. The number of H-pyrrole nitrogens is 1. The van der Waals surface area contributed by atoms with E-state index in [2.05, 4.69) is 41.1 Å². The predicted octanol–water partition coefficient (Wildman–Crippen LogP) is 6.15. The van der Waals surface area contributed by atoms with Crippen LogP contribution in [-0.4, -0.2) is 21.3 Å². The molecule has 0 spiro atoms. The summed E-state index contributed by atoms with van der Waals surface area (Å²) in [4.78, 5) is 11.2. The summed E-state index contributed by atoms with van der Waals surface area (Å²) in [6.07, 6.45) is 7.95. The minimum absolute atomic E-state index is 0.00462. The molecule has 0 unspecified atom stereocenters. The summed E-state index contributed by atoms with van der Waals surface area (Å²) in [6.45, 7) is 3.83. The molecule has 5 nitrogen and oxygen atoms in total. The Hall–Kier alpha value is -3.26. The van der Waals surface area contributed by atoms with E-state index < -0.39 is 5.97 Å². The summed E-state index contributed by atoms with van der Waals surface area (Å²) in [6, 6.07) is 12.1. The summed E-state index contributed by atoms with van der Waals surface area (Å²) in [5.41, 5.74) is 4.31. The minimum Gasteiger partial charge on any atom is -0.486 e. The lowest BCUT2D eigenvalue weighted by atomic mass is 9.93. The molecule has 0 aliphatic heterocycles. The number of nitrogens with one attached hydrogen (secondary N) is 1. The number of carbonyl (C=O) groups is 1. The van der Waals surface area contributed by atoms with Crippen LogP contribution in [0.2, 0.25) is 0 Å². The van der Waals surface area contributed by atoms with Crippen LogP contribution in [0.3, 0.4) is 0 Å². The van der Waals surface area contributed by atoms with E-state index in [1.807, 2.05) is 30.5 Å². The van der Waals surface area contributed by atoms with E-state index in [1.54, 1.807) is 6.92 Å². The van der Waals surface area contributed by atoms with Gasteiger partial charge in [0.1, 0.15) is 11.9 Å². The van der Waals surface area contributed by atoms with Gasteiger partial charge in [-0.1, -0.05) is 49.8 Å². The van der Waals surface area contributed by atoms with Crippen molar-refractivity contribution in [1.29, 1.82) is 0 Å². The first-order valence-corrected chi connectivity index (χ1v) is 11.4. The number of carboxylic acids is 1. The van der Waals surface area contributed by atoms with E-state index in [-0.39, 0.29) is 18.4 Å². The summed E-state index contributed by atoms with van der Waals surface area (Å²) in [5.74, 6) is 6.16. The van der Waals surface area contributed by atoms with E-state index in [0.717, 1.165) is 28.6 Å². The smallest absolute Gasteiger partial charge is 0.304 e. The van der Waals surface area contributed by atoms with Crippen LogP contribution in [0.1, 0.15) is 74.2 Å². The maximum atomic E-state index is 11.2. The second kappa shape index (κ2) is 9.91. The molecule has 0 bridgehead atoms. The summed E-state index contributed by atoms with van der Waals surface area (Å²) in [7, 11) is 0. The van der Waals surface area contributed by atoms with Gasteiger partial charge in [0, 0.05) is 5.39 Å². The maximum absolute atomic E-state index is 11.2. The first-order valence-electron chi connectivity index (χ1n) is 11.4. The topological polar surface area (TPSA) is 75.2 Å². The average molecular weight is 431 g/mol. The van der Waals surface area contributed by atoms with Gasteiger partial charge >= 0.3 is 5.97 Å². The number of hydrogen-bond acceptors (Lipinski definition) is 3. The quantitative estimate of drug-likeness (QED) is 0.420. The van der Waals surface area contributed by atoms with Gasteiger partial charge in [-0.2, -0.15) is 5.10 Å². The lowest BCUT2D eigenvalue weighted by Gasteiger charge is -2.23. The van der Waals surface area contributed by atoms with Crippen molar-refractivity contribution < 1.29 is 14.6 Å². The number of aromatic nitrogens is 2. The van der Waals surface area contributed by atoms with Gasteiger partial charge in [-0.15, -0.1) is 5.92 Å². The van der Waals surface area contributed by atoms with Gasteiger partial charge in [-0.3, -0.25) is 9.89 Å². The fraction of sp³-hybridized carbons (Fsp3) is 0.407. The molecule has 0 radical (unpaired) electrons. The molecule has 2 aromatic carbocycles. The second-order valence-corrected chi connectivity index (χ2v) is 8.78. The highest BCUT2D eigenvalue weighted by Gasteiger charge is 2.24. The molecule has 2 N–H and O–H groups in total. The third-order valence-electron chi connectivity index (χ3n) is 6.42. The van der Waals surface area contributed by atoms with Gasteiger partial charge < -0.3 is 9.84 Å². The fourth-order valence-electron chi connectivity index (χ4n) is 4.80. The molecular formula is C27H30N2O3. The van der Waals surface area contributed by atoms with Crippen LogP contribution >= 0.6 is 0 Å². The Balaban J connectivity index is 1.58. The molecule has 5 heteroatoms. The molecule has 0 amide bonds. The van der Waals surface area contributed by atoms with Gasteiger partial charge in [-0.05, 0) is 61.1 Å². The van der Waals surface area contributed by atoms with Gasteiger partial charge in [0.05, 0.1) is 24.1 Å². The van der Waals surface area contributed by atoms with Crippen LogP contribution in [0.15, 0.2) is 42.6 Å². The molecule has 32 heavy (non-hydrogen) atoms. The number of aliphatic carboxylic acids is 1. The van der Waals surface area contributed by atoms with Crippen LogP contribution in [-0.2, 0) is 4.79 Å². The zero-order valence-corrected chi connectivity index (χ0v) is 18.7. The summed E-state index contributed by atoms with van der Waals surface area (Å²) >= 11 is 0. The largest absolute Gasteiger partial charge is 0.486 e. The van der Waals surface area contributed by atoms with Crippen LogP contribution in [0.4, 0.5) is 0 Å². The maximum Gasteiger partial charge on any atom is 0.304 e. The molecule has 3 aromatic rings. The van der Waals surface area contributed by atoms with Crippen LogP contribution in [0, 0.1) is 24.7 Å². The number of hydrogen-bond donors (Lipinski definition) is 2. The molecule has 2 atom stereocenters. The van der Waals surface area contributed by atoms with Crippen molar-refractivity contribution in [3.05, 3.63) is 59.3 Å². The molecule has 1 aromatic heterocycles. The first-order chi connectivity index (χ1) is 15.5. The normalized spacial score (nSPS) is 15.8. The number of benzene rings is 2. The van der Waals surface area contributed by atoms with Crippen LogP contribution < -0.4 is 4.74 Å². The molecule has 1 aliphatic carbocycles. The first kappa shape index (κ1) is 22.0. The van der Waals surface area contributed by atoms with Crippen molar-refractivity contribution in [2.75, 3.05) is 0 Å². The van der Waals surface area contributed by atoms with Crippen molar-refractivity contribution in [1.82, 2.24) is 10.2 Å². The van der Waals surface area contributed by atoms with Gasteiger partial charge in [0.2, 0.25) is 0 Å². The van der Waals surface area contributed by atoms with Crippen LogP contribution in [0.5, 0.6) is 5.75 Å². The number of rotatable bonds is 8. The molecule has 1 saturated carbocycles. The lowest BCUT2D eigenvalue weighted by molar-refractivity contribution is -0.137. The molecule has 4 rings (SSSR count). The Morgan fingerprint density at radius 3 is 2.66 bits per heavy atom. The fourth-order valence-corrected chi connectivity index (χ4v) is 4.80. The third kappa shape index (κ3) is 5.13. The molecule has 0 saturated heterocycles. The number of carboxylic acid groups (broad SMARTS) is 1. The highest BCUT2D eigenvalue weighted by Crippen LogP contribution is 2.37. The molecule has 1 aliphatic rings. The van der Waals surface area contributed by atoms with Gasteiger partial charge in [-0.25, -0.2) is 0 Å². The molecule has 1 fully saturated rings. The summed E-state index contributed by atoms with van der Waals surface area (Å²) in [5, 5.41) is 17.6. The standard InChI is InChI=1S/C27H30N2O3/c1-3-6-21(16-26(30)31)20-9-11-24(12-10-20)32-25(14-19-7-4-5-8-19)22-13-18(2)27-23(15-22)17-28-29-27/h9-13,15,17,19,21,25H,4-5,7-8,14,16H2,1-2H3,(H,28,29)(H,30,31)/t21-,25-/m0/s1. The molecule has 1 heterocycles. The van der Waals surface area contributed by atoms with E-state index in [1.165, 1.54) is 36.8 Å². The van der Waals surface area contributed by atoms with Gasteiger partial charge in [0.15, 0.2) is 0 Å². The van der Waals surface area contributed by atoms with E-state index in [0.29, 0.717) is 5.92 Å². The van der Waals surface area contributed by atoms with Crippen LogP contribution in [0.25, 0.3) is 10.9 Å². The third-order valence-corrected chi connectivity index (χ3v) is 6.42. The Morgan fingerprint density at radius 2 is 1.97 bits per heavy atom. The Morgan fingerprint density at radius 1 is 1.22 bits per heavy atom. The Kier molecular flexibility index (Phi) is 6.80. The van der Waals surface area contributed by atoms with Crippen molar-refractivity contribution in [2.45, 2.75) is 64.4 Å². The monoisotopic (exact) mass is 430 g/mol. The average Bonchev–Trinajstić information content (AvgIpc) is 3.45. The van der Waals surface area contributed by atoms with Crippen molar-refractivity contribution >= 4 is 16.9 Å². The summed E-state index contributed by atoms with van der Waals surface area (Å²) < 4.78 is 6.54. The van der Waals surface area contributed by atoms with E-state index >= 15 is 0 Å². The highest BCUT2D eigenvalue weighted by atomic mass is 16.5. The zero-order valence-electron chi connectivity index (χ0n) is 18.7. The van der Waals surface area contributed by atoms with Gasteiger partial charge in [0.25, 0.3) is 0 Å². The lowest BCUT2D eigenvalue weighted by Crippen LogP contribution is -2.12. The zero-order chi connectivity index (χ0) is 22.5. The molecular weight excluding hydrogens is 400 g/mol. The second-order valence-electron chi connectivity index (χ2n) is 8.78. The highest BCUT2D eigenvalue weighted by molar-refractivity contribution is 5.82. The van der Waals surface area contributed by atoms with Crippen molar-refractivity contribution in [3.63, 3.8) is 0 Å². The molecule has 166 valence electrons. The van der Waals surface area contributed by atoms with E-state index in [9.17, 15) is 9.90 Å². The minimum atomic E-state index is -0.847.